The van der Waals surface area contributed by atoms with Crippen molar-refractivity contribution in [2.24, 2.45) is 0 Å². The molecule has 0 saturated heterocycles. The van der Waals surface area contributed by atoms with Crippen LogP contribution in [0, 0.1) is 12.7 Å². The molecule has 1 atom stereocenters. The molecule has 1 aliphatic rings. The van der Waals surface area contributed by atoms with E-state index in [1.165, 1.54) is 12.7 Å². The monoisotopic (exact) mass is 525 g/mol. The van der Waals surface area contributed by atoms with Gasteiger partial charge in [0.15, 0.2) is 23.1 Å². The summed E-state index contributed by atoms with van der Waals surface area (Å²) < 4.78 is 23.0. The molecule has 5 heterocycles. The molecule has 0 unspecified atom stereocenters. The molecule has 4 aromatic heterocycles. The van der Waals surface area contributed by atoms with Gasteiger partial charge in [0.25, 0.3) is 0 Å². The third-order valence-corrected chi connectivity index (χ3v) is 6.69. The van der Waals surface area contributed by atoms with Gasteiger partial charge in [0.2, 0.25) is 5.91 Å². The number of hydrogen-bond acceptors (Lipinski definition) is 9. The van der Waals surface area contributed by atoms with Crippen LogP contribution in [0.25, 0.3) is 22.3 Å². The highest BCUT2D eigenvalue weighted by Crippen LogP contribution is 2.33. The van der Waals surface area contributed by atoms with Gasteiger partial charge in [0.1, 0.15) is 35.2 Å². The van der Waals surface area contributed by atoms with Gasteiger partial charge in [-0.3, -0.25) is 4.79 Å². The van der Waals surface area contributed by atoms with Crippen molar-refractivity contribution in [1.29, 1.82) is 0 Å². The Hall–Kier alpha value is -5.00. The predicted molar refractivity (Wildman–Crippen MR) is 142 cm³/mol. The zero-order valence-corrected chi connectivity index (χ0v) is 21.5. The lowest BCUT2D eigenvalue weighted by molar-refractivity contribution is -0.130. The van der Waals surface area contributed by atoms with E-state index in [0.29, 0.717) is 58.4 Å². The van der Waals surface area contributed by atoms with Crippen LogP contribution in [0.4, 0.5) is 15.9 Å². The lowest BCUT2D eigenvalue weighted by Crippen LogP contribution is -2.39. The molecule has 0 fully saturated rings. The summed E-state index contributed by atoms with van der Waals surface area (Å²) >= 11 is 0. The molecular formula is C27H24FN9O2. The summed E-state index contributed by atoms with van der Waals surface area (Å²) in [6.07, 6.45) is 8.79. The van der Waals surface area contributed by atoms with E-state index in [1.807, 2.05) is 13.0 Å². The molecule has 11 nitrogen and oxygen atoms in total. The van der Waals surface area contributed by atoms with Crippen LogP contribution in [0.5, 0.6) is 11.5 Å². The highest BCUT2D eigenvalue weighted by Gasteiger charge is 2.23. The Kier molecular flexibility index (Phi) is 6.06. The molecular weight excluding hydrogens is 501 g/mol. The van der Waals surface area contributed by atoms with Crippen LogP contribution in [0.1, 0.15) is 31.7 Å². The number of nitrogens with one attached hydrogen (secondary N) is 1. The number of pyridine rings is 1. The summed E-state index contributed by atoms with van der Waals surface area (Å²) in [5.41, 5.74) is 3.08. The van der Waals surface area contributed by atoms with Gasteiger partial charge in [0.05, 0.1) is 11.9 Å². The molecule has 0 saturated carbocycles. The van der Waals surface area contributed by atoms with Gasteiger partial charge in [-0.05, 0) is 44.0 Å². The Morgan fingerprint density at radius 1 is 1.15 bits per heavy atom. The third-order valence-electron chi connectivity index (χ3n) is 6.69. The lowest BCUT2D eigenvalue weighted by atomic mass is 10.0. The minimum Gasteiger partial charge on any atom is -0.457 e. The fourth-order valence-electron chi connectivity index (χ4n) is 4.63. The number of nitrogens with zero attached hydrogens (tertiary/aromatic N) is 8. The molecule has 0 bridgehead atoms. The Morgan fingerprint density at radius 3 is 2.85 bits per heavy atom. The number of aromatic nitrogens is 7. The van der Waals surface area contributed by atoms with Crippen LogP contribution < -0.4 is 10.1 Å². The summed E-state index contributed by atoms with van der Waals surface area (Å²) in [6, 6.07) is 6.67. The van der Waals surface area contributed by atoms with E-state index >= 15 is 4.39 Å². The molecule has 1 aliphatic heterocycles. The van der Waals surface area contributed by atoms with E-state index < -0.39 is 5.82 Å². The molecule has 0 aliphatic carbocycles. The molecule has 1 N–H and O–H groups in total. The molecule has 0 spiro atoms. The van der Waals surface area contributed by atoms with Crippen LogP contribution in [0.3, 0.4) is 0 Å². The number of hydrogen-bond donors (Lipinski definition) is 1. The van der Waals surface area contributed by atoms with Crippen molar-refractivity contribution in [3.05, 3.63) is 72.6 Å². The van der Waals surface area contributed by atoms with E-state index in [2.05, 4.69) is 30.4 Å². The number of carbonyl (C=O) groups excluding carboxylic acids is 1. The summed E-state index contributed by atoms with van der Waals surface area (Å²) in [4.78, 5) is 35.6. The van der Waals surface area contributed by atoms with Crippen LogP contribution in [0.15, 0.2) is 55.4 Å². The molecule has 5 aromatic rings. The number of carbonyl (C=O) groups is 1. The van der Waals surface area contributed by atoms with E-state index in [9.17, 15) is 4.79 Å². The number of anilines is 2. The van der Waals surface area contributed by atoms with Crippen LogP contribution in [-0.4, -0.2) is 57.9 Å². The van der Waals surface area contributed by atoms with E-state index in [-0.39, 0.29) is 17.6 Å². The van der Waals surface area contributed by atoms with Crippen molar-refractivity contribution in [3.8, 4) is 11.5 Å². The van der Waals surface area contributed by atoms with E-state index in [4.69, 9.17) is 9.72 Å². The minimum absolute atomic E-state index is 0.0299. The molecule has 12 heteroatoms. The quantitative estimate of drug-likeness (QED) is 0.354. The van der Waals surface area contributed by atoms with Crippen molar-refractivity contribution >= 4 is 39.7 Å². The second kappa shape index (κ2) is 9.71. The second-order valence-electron chi connectivity index (χ2n) is 9.25. The van der Waals surface area contributed by atoms with Crippen molar-refractivity contribution in [3.63, 3.8) is 0 Å². The van der Waals surface area contributed by atoms with Crippen molar-refractivity contribution in [2.45, 2.75) is 33.2 Å². The van der Waals surface area contributed by atoms with Gasteiger partial charge in [-0.15, -0.1) is 0 Å². The molecule has 39 heavy (non-hydrogen) atoms. The maximum absolute atomic E-state index is 15.5. The Balaban J connectivity index is 1.29. The van der Waals surface area contributed by atoms with Gasteiger partial charge < -0.3 is 15.0 Å². The SMILES string of the molecule is CC(=O)N1CCC(c2ncc3ncnc(Nc4ccc(Oc5ccn6ncnc6c5)c(C)c4F)c3n2)=C[C@H]1C. The number of amides is 1. The lowest BCUT2D eigenvalue weighted by Gasteiger charge is -2.31. The van der Waals surface area contributed by atoms with Gasteiger partial charge >= 0.3 is 0 Å². The van der Waals surface area contributed by atoms with Crippen molar-refractivity contribution in [2.75, 3.05) is 11.9 Å². The van der Waals surface area contributed by atoms with Crippen molar-refractivity contribution < 1.29 is 13.9 Å². The first kappa shape index (κ1) is 24.3. The zero-order valence-electron chi connectivity index (χ0n) is 21.5. The van der Waals surface area contributed by atoms with Gasteiger partial charge in [-0.1, -0.05) is 6.08 Å². The minimum atomic E-state index is -0.481. The highest BCUT2D eigenvalue weighted by atomic mass is 19.1. The number of fused-ring (bicyclic) bond motifs is 2. The molecule has 0 radical (unpaired) electrons. The average Bonchev–Trinajstić information content (AvgIpc) is 3.40. The number of ether oxygens (including phenoxy) is 1. The van der Waals surface area contributed by atoms with Gasteiger partial charge in [-0.25, -0.2) is 33.8 Å². The zero-order chi connectivity index (χ0) is 27.1. The van der Waals surface area contributed by atoms with Gasteiger partial charge in [-0.2, -0.15) is 5.10 Å². The van der Waals surface area contributed by atoms with Crippen LogP contribution in [0.2, 0.25) is 0 Å². The third kappa shape index (κ3) is 4.60. The maximum Gasteiger partial charge on any atom is 0.219 e. The number of rotatable bonds is 5. The Bertz CT molecular complexity index is 1770. The molecule has 196 valence electrons. The Morgan fingerprint density at radius 2 is 2.03 bits per heavy atom. The topological polar surface area (TPSA) is 123 Å². The molecule has 1 amide bonds. The fourth-order valence-corrected chi connectivity index (χ4v) is 4.63. The number of halogens is 1. The van der Waals surface area contributed by atoms with Gasteiger partial charge in [0, 0.05) is 37.3 Å². The highest BCUT2D eigenvalue weighted by molar-refractivity contribution is 5.87. The standard InChI is InChI=1S/C27H24FN9O2/c1-15-10-18(6-8-36(15)17(3)38)26-29-12-21-25(35-26)27(32-13-30-21)34-20-4-5-22(16(2)24(20)28)39-19-7-9-37-23(11-19)31-14-33-37/h4-5,7,9-15H,6,8H2,1-3H3,(H,30,32,34)/t15-/m1/s1. The first-order chi connectivity index (χ1) is 18.9. The van der Waals surface area contributed by atoms with Crippen LogP contribution in [-0.2, 0) is 4.79 Å². The molecule has 1 aromatic carbocycles. The first-order valence-electron chi connectivity index (χ1n) is 12.4. The Labute approximate surface area is 222 Å². The maximum atomic E-state index is 15.5. The average molecular weight is 526 g/mol. The summed E-state index contributed by atoms with van der Waals surface area (Å²) in [7, 11) is 0. The second-order valence-corrected chi connectivity index (χ2v) is 9.25. The molecule has 6 rings (SSSR count). The van der Waals surface area contributed by atoms with E-state index in [0.717, 1.165) is 5.57 Å². The number of benzene rings is 1. The normalized spacial score (nSPS) is 15.4. The summed E-state index contributed by atoms with van der Waals surface area (Å²) in [5, 5.41) is 7.12. The predicted octanol–water partition coefficient (Wildman–Crippen LogP) is 4.47. The fraction of sp³-hybridized carbons (Fsp3) is 0.222. The summed E-state index contributed by atoms with van der Waals surface area (Å²) in [6.45, 7) is 5.76. The smallest absolute Gasteiger partial charge is 0.219 e. The first-order valence-corrected chi connectivity index (χ1v) is 12.4. The van der Waals surface area contributed by atoms with Crippen LogP contribution >= 0.6 is 0 Å². The van der Waals surface area contributed by atoms with Crippen molar-refractivity contribution in [1.82, 2.24) is 39.4 Å². The van der Waals surface area contributed by atoms with E-state index in [1.54, 1.807) is 59.9 Å². The largest absolute Gasteiger partial charge is 0.457 e. The summed E-state index contributed by atoms with van der Waals surface area (Å²) in [5.74, 6) is 1.31.